The molecule has 0 unspecified atom stereocenters. The second-order valence-electron chi connectivity index (χ2n) is 7.01. The lowest BCUT2D eigenvalue weighted by Gasteiger charge is -2.31. The highest BCUT2D eigenvalue weighted by Gasteiger charge is 2.20. The molecule has 1 saturated heterocycles. The monoisotopic (exact) mass is 337 g/mol. The Kier molecular flexibility index (Phi) is 6.18. The molecule has 1 aromatic heterocycles. The Morgan fingerprint density at radius 3 is 2.76 bits per heavy atom. The van der Waals surface area contributed by atoms with Crippen LogP contribution in [0, 0.1) is 12.8 Å². The number of amides is 1. The number of hydrogen-bond donors (Lipinski definition) is 1. The molecule has 132 valence electrons. The van der Waals surface area contributed by atoms with Crippen molar-refractivity contribution in [3.05, 3.63) is 65.5 Å². The number of carbonyl (C=O) groups is 1. The molecule has 2 heterocycles. The molecule has 0 radical (unpaired) electrons. The summed E-state index contributed by atoms with van der Waals surface area (Å²) in [5.41, 5.74) is 3.42. The molecule has 1 aliphatic heterocycles. The molecule has 0 atom stereocenters. The Morgan fingerprint density at radius 1 is 1.20 bits per heavy atom. The van der Waals surface area contributed by atoms with Gasteiger partial charge in [-0.15, -0.1) is 0 Å². The number of nitrogens with one attached hydrogen (secondary N) is 1. The first-order valence-electron chi connectivity index (χ1n) is 9.13. The van der Waals surface area contributed by atoms with Crippen molar-refractivity contribution < 1.29 is 4.79 Å². The SMILES string of the molecule is Cc1cccc(CC(=O)NCC2CCN(Cc3ccccn3)CC2)c1. The molecule has 1 amide bonds. The van der Waals surface area contributed by atoms with Crippen LogP contribution in [0.4, 0.5) is 0 Å². The Bertz CT molecular complexity index is 679. The zero-order chi connectivity index (χ0) is 17.5. The summed E-state index contributed by atoms with van der Waals surface area (Å²) in [4.78, 5) is 19.0. The maximum atomic E-state index is 12.1. The number of rotatable bonds is 6. The van der Waals surface area contributed by atoms with Crippen LogP contribution in [0.3, 0.4) is 0 Å². The fourth-order valence-corrected chi connectivity index (χ4v) is 3.40. The van der Waals surface area contributed by atoms with Gasteiger partial charge in [0, 0.05) is 19.3 Å². The summed E-state index contributed by atoms with van der Waals surface area (Å²) in [5.74, 6) is 0.711. The van der Waals surface area contributed by atoms with E-state index in [2.05, 4.69) is 40.3 Å². The van der Waals surface area contributed by atoms with Gasteiger partial charge in [0.2, 0.25) is 5.91 Å². The zero-order valence-corrected chi connectivity index (χ0v) is 14.9. The van der Waals surface area contributed by atoms with E-state index >= 15 is 0 Å². The van der Waals surface area contributed by atoms with Crippen LogP contribution >= 0.6 is 0 Å². The van der Waals surface area contributed by atoms with Crippen molar-refractivity contribution >= 4 is 5.91 Å². The Balaban J connectivity index is 1.37. The molecule has 1 aromatic carbocycles. The summed E-state index contributed by atoms with van der Waals surface area (Å²) < 4.78 is 0. The summed E-state index contributed by atoms with van der Waals surface area (Å²) in [6.07, 6.45) is 4.60. The predicted molar refractivity (Wildman–Crippen MR) is 100 cm³/mol. The third-order valence-electron chi connectivity index (χ3n) is 4.85. The van der Waals surface area contributed by atoms with Crippen molar-refractivity contribution in [3.63, 3.8) is 0 Å². The smallest absolute Gasteiger partial charge is 0.224 e. The van der Waals surface area contributed by atoms with Crippen LogP contribution in [0.15, 0.2) is 48.7 Å². The Hall–Kier alpha value is -2.20. The molecule has 4 nitrogen and oxygen atoms in total. The molecule has 0 saturated carbocycles. The largest absolute Gasteiger partial charge is 0.356 e. The van der Waals surface area contributed by atoms with Gasteiger partial charge in [-0.05, 0) is 56.5 Å². The fourth-order valence-electron chi connectivity index (χ4n) is 3.40. The molecular weight excluding hydrogens is 310 g/mol. The van der Waals surface area contributed by atoms with Crippen molar-refractivity contribution in [2.45, 2.75) is 32.7 Å². The molecule has 1 aliphatic rings. The minimum absolute atomic E-state index is 0.126. The normalized spacial score (nSPS) is 15.9. The molecule has 4 heteroatoms. The topological polar surface area (TPSA) is 45.2 Å². The molecule has 0 aliphatic carbocycles. The van der Waals surface area contributed by atoms with Gasteiger partial charge in [0.05, 0.1) is 12.1 Å². The summed E-state index contributed by atoms with van der Waals surface area (Å²) in [7, 11) is 0. The van der Waals surface area contributed by atoms with Gasteiger partial charge in [0.25, 0.3) is 0 Å². The summed E-state index contributed by atoms with van der Waals surface area (Å²) in [5, 5.41) is 3.12. The van der Waals surface area contributed by atoms with Crippen molar-refractivity contribution in [1.29, 1.82) is 0 Å². The van der Waals surface area contributed by atoms with Crippen LogP contribution in [0.1, 0.15) is 29.7 Å². The molecule has 25 heavy (non-hydrogen) atoms. The van der Waals surface area contributed by atoms with Crippen molar-refractivity contribution in [3.8, 4) is 0 Å². The predicted octanol–water partition coefficient (Wildman–Crippen LogP) is 2.96. The van der Waals surface area contributed by atoms with E-state index in [0.717, 1.165) is 50.3 Å². The van der Waals surface area contributed by atoms with Crippen LogP contribution < -0.4 is 5.32 Å². The highest BCUT2D eigenvalue weighted by molar-refractivity contribution is 5.78. The van der Waals surface area contributed by atoms with Crippen LogP contribution in [-0.4, -0.2) is 35.4 Å². The lowest BCUT2D eigenvalue weighted by molar-refractivity contribution is -0.120. The lowest BCUT2D eigenvalue weighted by Crippen LogP contribution is -2.38. The quantitative estimate of drug-likeness (QED) is 0.881. The Morgan fingerprint density at radius 2 is 2.04 bits per heavy atom. The zero-order valence-electron chi connectivity index (χ0n) is 14.9. The summed E-state index contributed by atoms with van der Waals surface area (Å²) in [6.45, 7) is 5.93. The second-order valence-corrected chi connectivity index (χ2v) is 7.01. The minimum atomic E-state index is 0.126. The molecule has 1 N–H and O–H groups in total. The van der Waals surface area contributed by atoms with E-state index in [-0.39, 0.29) is 5.91 Å². The maximum absolute atomic E-state index is 12.1. The molecule has 0 bridgehead atoms. The molecule has 3 rings (SSSR count). The van der Waals surface area contributed by atoms with Gasteiger partial charge in [-0.25, -0.2) is 0 Å². The van der Waals surface area contributed by atoms with E-state index in [1.54, 1.807) is 0 Å². The minimum Gasteiger partial charge on any atom is -0.356 e. The maximum Gasteiger partial charge on any atom is 0.224 e. The van der Waals surface area contributed by atoms with Crippen molar-refractivity contribution in [2.75, 3.05) is 19.6 Å². The van der Waals surface area contributed by atoms with E-state index in [1.165, 1.54) is 5.56 Å². The number of carbonyl (C=O) groups excluding carboxylic acids is 1. The summed E-state index contributed by atoms with van der Waals surface area (Å²) in [6, 6.07) is 14.2. The van der Waals surface area contributed by atoms with Crippen LogP contribution in [0.25, 0.3) is 0 Å². The van der Waals surface area contributed by atoms with E-state index in [1.807, 2.05) is 30.5 Å². The number of hydrogen-bond acceptors (Lipinski definition) is 3. The number of aryl methyl sites for hydroxylation is 1. The van der Waals surface area contributed by atoms with E-state index in [4.69, 9.17) is 0 Å². The van der Waals surface area contributed by atoms with Crippen molar-refractivity contribution in [2.24, 2.45) is 5.92 Å². The molecular formula is C21H27N3O. The van der Waals surface area contributed by atoms with Crippen LogP contribution in [0.5, 0.6) is 0 Å². The highest BCUT2D eigenvalue weighted by Crippen LogP contribution is 2.18. The van der Waals surface area contributed by atoms with Crippen LogP contribution in [-0.2, 0) is 17.8 Å². The highest BCUT2D eigenvalue weighted by atomic mass is 16.1. The third kappa shape index (κ3) is 5.68. The first-order valence-corrected chi connectivity index (χ1v) is 9.13. The molecule has 1 fully saturated rings. The third-order valence-corrected chi connectivity index (χ3v) is 4.85. The summed E-state index contributed by atoms with van der Waals surface area (Å²) >= 11 is 0. The number of likely N-dealkylation sites (tertiary alicyclic amines) is 1. The first-order chi connectivity index (χ1) is 12.2. The Labute approximate surface area is 150 Å². The van der Waals surface area contributed by atoms with Gasteiger partial charge in [0.15, 0.2) is 0 Å². The molecule has 2 aromatic rings. The first kappa shape index (κ1) is 17.6. The average Bonchev–Trinajstić information content (AvgIpc) is 2.62. The average molecular weight is 337 g/mol. The van der Waals surface area contributed by atoms with Gasteiger partial charge >= 0.3 is 0 Å². The van der Waals surface area contributed by atoms with E-state index in [9.17, 15) is 4.79 Å². The fraction of sp³-hybridized carbons (Fsp3) is 0.429. The van der Waals surface area contributed by atoms with E-state index in [0.29, 0.717) is 12.3 Å². The lowest BCUT2D eigenvalue weighted by atomic mass is 9.96. The van der Waals surface area contributed by atoms with E-state index < -0.39 is 0 Å². The second kappa shape index (κ2) is 8.77. The standard InChI is InChI=1S/C21H27N3O/c1-17-5-4-6-19(13-17)14-21(25)23-15-18-8-11-24(12-9-18)16-20-7-2-3-10-22-20/h2-7,10,13,18H,8-9,11-12,14-16H2,1H3,(H,23,25). The van der Waals surface area contributed by atoms with Crippen LogP contribution in [0.2, 0.25) is 0 Å². The number of nitrogens with zero attached hydrogens (tertiary/aromatic N) is 2. The van der Waals surface area contributed by atoms with Gasteiger partial charge in [0.1, 0.15) is 0 Å². The van der Waals surface area contributed by atoms with Gasteiger partial charge in [-0.2, -0.15) is 0 Å². The number of aromatic nitrogens is 1. The number of benzene rings is 1. The number of piperidine rings is 1. The van der Waals surface area contributed by atoms with Gasteiger partial charge in [-0.1, -0.05) is 35.9 Å². The number of pyridine rings is 1. The van der Waals surface area contributed by atoms with Gasteiger partial charge < -0.3 is 5.32 Å². The van der Waals surface area contributed by atoms with Crippen molar-refractivity contribution in [1.82, 2.24) is 15.2 Å². The van der Waals surface area contributed by atoms with Gasteiger partial charge in [-0.3, -0.25) is 14.7 Å². The molecule has 0 spiro atoms.